The molecule has 0 bridgehead atoms. The van der Waals surface area contributed by atoms with Crippen LogP contribution in [0.25, 0.3) is 0 Å². The molecule has 0 N–H and O–H groups in total. The van der Waals surface area contributed by atoms with E-state index in [1.807, 2.05) is 0 Å². The highest BCUT2D eigenvalue weighted by Gasteiger charge is 2.36. The molecule has 0 amide bonds. The van der Waals surface area contributed by atoms with E-state index in [2.05, 4.69) is 5.10 Å². The lowest BCUT2D eigenvalue weighted by molar-refractivity contribution is 0.307. The average Bonchev–Trinajstić information content (AvgIpc) is 3.41. The van der Waals surface area contributed by atoms with Crippen molar-refractivity contribution in [1.29, 1.82) is 0 Å². The first-order chi connectivity index (χ1) is 12.8. The third-order valence-electron chi connectivity index (χ3n) is 5.23. The zero-order valence-electron chi connectivity index (χ0n) is 14.8. The average molecular weight is 398 g/mol. The summed E-state index contributed by atoms with van der Waals surface area (Å²) in [5.74, 6) is -1.23. The van der Waals surface area contributed by atoms with E-state index < -0.39 is 26.6 Å². The van der Waals surface area contributed by atoms with Gasteiger partial charge in [-0.15, -0.1) is 0 Å². The van der Waals surface area contributed by atoms with Crippen LogP contribution >= 0.6 is 0 Å². The summed E-state index contributed by atoms with van der Waals surface area (Å²) in [4.78, 5) is 11.8. The number of sulfonamides is 1. The molecule has 2 fully saturated rings. The topological polar surface area (TPSA) is 77.2 Å². The molecule has 2 heterocycles. The lowest BCUT2D eigenvalue weighted by Gasteiger charge is -2.30. The van der Waals surface area contributed by atoms with Crippen LogP contribution in [0, 0.1) is 11.6 Å². The summed E-state index contributed by atoms with van der Waals surface area (Å²) in [6, 6.07) is 2.65. The highest BCUT2D eigenvalue weighted by molar-refractivity contribution is 7.89. The fourth-order valence-corrected chi connectivity index (χ4v) is 5.15. The maximum atomic E-state index is 13.9. The smallest absolute Gasteiger partial charge is 0.276 e. The van der Waals surface area contributed by atoms with Crippen LogP contribution in [0.2, 0.25) is 0 Å². The van der Waals surface area contributed by atoms with Crippen LogP contribution < -0.4 is 5.69 Å². The van der Waals surface area contributed by atoms with Crippen LogP contribution in [0.15, 0.2) is 27.9 Å². The van der Waals surface area contributed by atoms with Gasteiger partial charge in [0.25, 0.3) is 0 Å². The van der Waals surface area contributed by atoms with Gasteiger partial charge in [-0.05, 0) is 37.8 Å². The third-order valence-corrected chi connectivity index (χ3v) is 7.16. The van der Waals surface area contributed by atoms with Crippen LogP contribution in [0.4, 0.5) is 8.78 Å². The van der Waals surface area contributed by atoms with Gasteiger partial charge in [-0.1, -0.05) is 0 Å². The molecule has 1 saturated heterocycles. The van der Waals surface area contributed by atoms with Gasteiger partial charge >= 0.3 is 5.69 Å². The Morgan fingerprint density at radius 2 is 1.78 bits per heavy atom. The minimum absolute atomic E-state index is 0.0241. The van der Waals surface area contributed by atoms with Crippen molar-refractivity contribution in [3.05, 3.63) is 46.1 Å². The van der Waals surface area contributed by atoms with E-state index in [9.17, 15) is 22.0 Å². The van der Waals surface area contributed by atoms with Gasteiger partial charge in [0.05, 0.1) is 0 Å². The summed E-state index contributed by atoms with van der Waals surface area (Å²) in [6.45, 7) is 0.387. The molecule has 27 heavy (non-hydrogen) atoms. The highest BCUT2D eigenvalue weighted by Crippen LogP contribution is 2.38. The Balaban J connectivity index is 1.54. The number of aromatic nitrogens is 3. The molecule has 7 nitrogen and oxygen atoms in total. The lowest BCUT2D eigenvalue weighted by atomic mass is 9.97. The third kappa shape index (κ3) is 3.20. The second-order valence-electron chi connectivity index (χ2n) is 7.12. The quantitative estimate of drug-likeness (QED) is 0.786. The van der Waals surface area contributed by atoms with Crippen molar-refractivity contribution < 1.29 is 17.2 Å². The normalized spacial score (nSPS) is 19.5. The van der Waals surface area contributed by atoms with Gasteiger partial charge in [0.15, 0.2) is 0 Å². The van der Waals surface area contributed by atoms with E-state index in [1.165, 1.54) is 8.99 Å². The number of hydrogen-bond acceptors (Lipinski definition) is 4. The number of nitrogens with zero attached hydrogens (tertiary/aromatic N) is 4. The molecule has 2 aromatic rings. The van der Waals surface area contributed by atoms with Gasteiger partial charge in [0, 0.05) is 38.2 Å². The van der Waals surface area contributed by atoms with Crippen LogP contribution in [0.5, 0.6) is 0 Å². The van der Waals surface area contributed by atoms with Crippen molar-refractivity contribution in [2.24, 2.45) is 7.05 Å². The molecule has 1 aliphatic carbocycles. The maximum Gasteiger partial charge on any atom is 0.345 e. The summed E-state index contributed by atoms with van der Waals surface area (Å²) in [5.41, 5.74) is -0.143. The van der Waals surface area contributed by atoms with Gasteiger partial charge in [-0.25, -0.2) is 26.7 Å². The maximum absolute atomic E-state index is 13.9. The van der Waals surface area contributed by atoms with E-state index in [1.54, 1.807) is 11.6 Å². The second kappa shape index (κ2) is 6.52. The van der Waals surface area contributed by atoms with E-state index in [0.29, 0.717) is 24.7 Å². The molecule has 0 spiro atoms. The number of piperidine rings is 1. The van der Waals surface area contributed by atoms with Crippen LogP contribution in [0.3, 0.4) is 0 Å². The van der Waals surface area contributed by atoms with Crippen LogP contribution in [0.1, 0.15) is 43.5 Å². The van der Waals surface area contributed by atoms with Gasteiger partial charge in [0.2, 0.25) is 10.0 Å². The monoisotopic (exact) mass is 398 g/mol. The van der Waals surface area contributed by atoms with Crippen molar-refractivity contribution in [1.82, 2.24) is 18.7 Å². The molecule has 0 radical (unpaired) electrons. The van der Waals surface area contributed by atoms with Gasteiger partial charge in [-0.2, -0.15) is 9.40 Å². The number of aryl methyl sites for hydroxylation is 1. The summed E-state index contributed by atoms with van der Waals surface area (Å²) < 4.78 is 56.7. The molecule has 10 heteroatoms. The Bertz CT molecular complexity index is 1030. The first kappa shape index (κ1) is 18.3. The molecular formula is C17H20F2N4O3S. The molecule has 1 aromatic carbocycles. The van der Waals surface area contributed by atoms with E-state index in [4.69, 9.17) is 0 Å². The predicted molar refractivity (Wildman–Crippen MR) is 92.8 cm³/mol. The van der Waals surface area contributed by atoms with Gasteiger partial charge in [-0.3, -0.25) is 4.57 Å². The Kier molecular flexibility index (Phi) is 4.42. The second-order valence-corrected chi connectivity index (χ2v) is 9.03. The minimum Gasteiger partial charge on any atom is -0.276 e. The number of benzene rings is 1. The standard InChI is InChI=1S/C17H20F2N4O3S/c1-21-17(24)23(13-3-4-13)16(20-21)11-6-8-22(9-7-11)27(25,26)15-5-2-12(18)10-14(15)19/h2,5,10-11,13H,3-4,6-9H2,1H3. The van der Waals surface area contributed by atoms with E-state index >= 15 is 0 Å². The van der Waals surface area contributed by atoms with Crippen LogP contribution in [-0.4, -0.2) is 40.2 Å². The van der Waals surface area contributed by atoms with Crippen LogP contribution in [-0.2, 0) is 17.1 Å². The van der Waals surface area contributed by atoms with Crippen molar-refractivity contribution in [2.75, 3.05) is 13.1 Å². The van der Waals surface area contributed by atoms with Gasteiger partial charge < -0.3 is 0 Å². The summed E-state index contributed by atoms with van der Waals surface area (Å²) in [5, 5.41) is 4.36. The fraction of sp³-hybridized carbons (Fsp3) is 0.529. The number of halogens is 2. The fourth-order valence-electron chi connectivity index (χ4n) is 3.63. The Hall–Kier alpha value is -2.07. The van der Waals surface area contributed by atoms with Crippen molar-refractivity contribution in [3.63, 3.8) is 0 Å². The molecule has 0 unspecified atom stereocenters. The van der Waals surface area contributed by atoms with E-state index in [0.717, 1.165) is 25.0 Å². The molecule has 146 valence electrons. The largest absolute Gasteiger partial charge is 0.345 e. The Labute approximate surface area is 155 Å². The first-order valence-electron chi connectivity index (χ1n) is 8.89. The molecule has 0 atom stereocenters. The summed E-state index contributed by atoms with van der Waals surface area (Å²) >= 11 is 0. The number of hydrogen-bond donors (Lipinski definition) is 0. The zero-order valence-corrected chi connectivity index (χ0v) is 15.6. The van der Waals surface area contributed by atoms with Crippen molar-refractivity contribution in [2.45, 2.75) is 42.5 Å². The first-order valence-corrected chi connectivity index (χ1v) is 10.3. The Morgan fingerprint density at radius 3 is 2.37 bits per heavy atom. The molecular weight excluding hydrogens is 378 g/mol. The van der Waals surface area contributed by atoms with Crippen molar-refractivity contribution in [3.8, 4) is 0 Å². The molecule has 1 saturated carbocycles. The van der Waals surface area contributed by atoms with E-state index in [-0.39, 0.29) is 30.7 Å². The molecule has 4 rings (SSSR count). The Morgan fingerprint density at radius 1 is 1.11 bits per heavy atom. The zero-order chi connectivity index (χ0) is 19.3. The lowest BCUT2D eigenvalue weighted by Crippen LogP contribution is -2.39. The predicted octanol–water partition coefficient (Wildman–Crippen LogP) is 1.76. The highest BCUT2D eigenvalue weighted by atomic mass is 32.2. The SMILES string of the molecule is Cn1nc(C2CCN(S(=O)(=O)c3ccc(F)cc3F)CC2)n(C2CC2)c1=O. The van der Waals surface area contributed by atoms with Gasteiger partial charge in [0.1, 0.15) is 22.4 Å². The minimum atomic E-state index is -4.03. The summed E-state index contributed by atoms with van der Waals surface area (Å²) in [6.07, 6.45) is 2.89. The molecule has 1 aliphatic heterocycles. The summed E-state index contributed by atoms with van der Waals surface area (Å²) in [7, 11) is -2.42. The molecule has 2 aliphatic rings. The molecule has 1 aromatic heterocycles. The number of rotatable bonds is 4. The van der Waals surface area contributed by atoms with Crippen molar-refractivity contribution >= 4 is 10.0 Å².